The number of thiazole rings is 1. The van der Waals surface area contributed by atoms with Crippen molar-refractivity contribution >= 4 is 27.3 Å². The summed E-state index contributed by atoms with van der Waals surface area (Å²) in [6.07, 6.45) is 1.49. The molecule has 0 spiro atoms. The zero-order valence-corrected chi connectivity index (χ0v) is 12.8. The largest absolute Gasteiger partial charge is 0.351 e. The second kappa shape index (κ2) is 6.79. The first-order valence-corrected chi connectivity index (χ1v) is 8.74. The molecular weight excluding hydrogens is 310 g/mol. The van der Waals surface area contributed by atoms with Gasteiger partial charge in [0.05, 0.1) is 10.4 Å². The van der Waals surface area contributed by atoms with E-state index in [9.17, 15) is 13.2 Å². The van der Waals surface area contributed by atoms with Gasteiger partial charge in [-0.25, -0.2) is 18.5 Å². The summed E-state index contributed by atoms with van der Waals surface area (Å²) in [6, 6.07) is 6.42. The number of hydrogen-bond donors (Lipinski definition) is 2. The van der Waals surface area contributed by atoms with Crippen molar-refractivity contribution in [3.8, 4) is 0 Å². The van der Waals surface area contributed by atoms with E-state index in [0.717, 1.165) is 18.4 Å². The lowest BCUT2D eigenvalue weighted by Gasteiger charge is -2.04. The van der Waals surface area contributed by atoms with E-state index >= 15 is 0 Å². The molecule has 1 aromatic heterocycles. The zero-order chi connectivity index (χ0) is 15.3. The molecule has 8 heteroatoms. The molecule has 0 aliphatic rings. The van der Waals surface area contributed by atoms with Crippen molar-refractivity contribution in [2.75, 3.05) is 6.54 Å². The maximum atomic E-state index is 11.6. The third kappa shape index (κ3) is 4.62. The monoisotopic (exact) mass is 325 g/mol. The van der Waals surface area contributed by atoms with Crippen LogP contribution in [0, 0.1) is 0 Å². The lowest BCUT2D eigenvalue weighted by molar-refractivity contribution is 0.0949. The van der Waals surface area contributed by atoms with Gasteiger partial charge in [-0.05, 0) is 30.5 Å². The van der Waals surface area contributed by atoms with Crippen LogP contribution in [-0.2, 0) is 16.4 Å². The van der Waals surface area contributed by atoms with Crippen LogP contribution in [0.5, 0.6) is 0 Å². The summed E-state index contributed by atoms with van der Waals surface area (Å²) in [5, 5.41) is 9.50. The molecule has 0 aliphatic carbocycles. The normalized spacial score (nSPS) is 11.3. The lowest BCUT2D eigenvalue weighted by Crippen LogP contribution is -2.24. The minimum Gasteiger partial charge on any atom is -0.351 e. The number of aryl methyl sites for hydroxylation is 1. The third-order valence-electron chi connectivity index (χ3n) is 2.84. The Hall–Kier alpha value is -1.77. The Morgan fingerprint density at radius 2 is 2.00 bits per heavy atom. The Morgan fingerprint density at radius 1 is 1.29 bits per heavy atom. The van der Waals surface area contributed by atoms with Gasteiger partial charge >= 0.3 is 0 Å². The van der Waals surface area contributed by atoms with Crippen LogP contribution in [0.25, 0.3) is 0 Å². The van der Waals surface area contributed by atoms with Gasteiger partial charge in [-0.3, -0.25) is 4.79 Å². The van der Waals surface area contributed by atoms with Crippen molar-refractivity contribution in [1.82, 2.24) is 10.3 Å². The molecule has 0 radical (unpaired) electrons. The molecule has 0 saturated carbocycles. The van der Waals surface area contributed by atoms with E-state index in [2.05, 4.69) is 10.3 Å². The Morgan fingerprint density at radius 3 is 2.57 bits per heavy atom. The van der Waals surface area contributed by atoms with E-state index in [1.54, 1.807) is 23.0 Å². The van der Waals surface area contributed by atoms with Gasteiger partial charge in [-0.1, -0.05) is 12.1 Å². The van der Waals surface area contributed by atoms with Crippen molar-refractivity contribution in [2.24, 2.45) is 5.14 Å². The van der Waals surface area contributed by atoms with Crippen LogP contribution in [-0.4, -0.2) is 25.9 Å². The lowest BCUT2D eigenvalue weighted by atomic mass is 10.1. The molecule has 2 rings (SSSR count). The summed E-state index contributed by atoms with van der Waals surface area (Å²) in [6.45, 7) is 0.535. The van der Waals surface area contributed by atoms with E-state index in [1.165, 1.54) is 23.5 Å². The molecular formula is C13H15N3O3S2. The van der Waals surface area contributed by atoms with Gasteiger partial charge in [-0.2, -0.15) is 0 Å². The molecule has 0 fully saturated rings. The number of carbonyl (C=O) groups excluding carboxylic acids is 1. The molecule has 3 N–H and O–H groups in total. The molecule has 0 saturated heterocycles. The Kier molecular flexibility index (Phi) is 5.05. The number of carbonyl (C=O) groups is 1. The van der Waals surface area contributed by atoms with Crippen molar-refractivity contribution in [2.45, 2.75) is 17.7 Å². The fraction of sp³-hybridized carbons (Fsp3) is 0.231. The molecule has 6 nitrogen and oxygen atoms in total. The van der Waals surface area contributed by atoms with Gasteiger partial charge in [0.15, 0.2) is 0 Å². The first-order chi connectivity index (χ1) is 9.97. The van der Waals surface area contributed by atoms with E-state index < -0.39 is 10.0 Å². The first kappa shape index (κ1) is 15.6. The van der Waals surface area contributed by atoms with Crippen molar-refractivity contribution in [3.63, 3.8) is 0 Å². The highest BCUT2D eigenvalue weighted by Crippen LogP contribution is 2.10. The molecule has 2 aromatic rings. The molecule has 0 unspecified atom stereocenters. The number of aromatic nitrogens is 1. The van der Waals surface area contributed by atoms with Gasteiger partial charge in [-0.15, -0.1) is 11.3 Å². The third-order valence-corrected chi connectivity index (χ3v) is 4.36. The van der Waals surface area contributed by atoms with Gasteiger partial charge < -0.3 is 5.32 Å². The summed E-state index contributed by atoms with van der Waals surface area (Å²) < 4.78 is 22.2. The summed E-state index contributed by atoms with van der Waals surface area (Å²) in [4.78, 5) is 15.6. The topological polar surface area (TPSA) is 102 Å². The summed E-state index contributed by atoms with van der Waals surface area (Å²) in [5.74, 6) is -0.180. The molecule has 21 heavy (non-hydrogen) atoms. The quantitative estimate of drug-likeness (QED) is 0.778. The van der Waals surface area contributed by atoms with Crippen molar-refractivity contribution in [1.29, 1.82) is 0 Å². The number of hydrogen-bond acceptors (Lipinski definition) is 5. The maximum Gasteiger partial charge on any atom is 0.270 e. The molecule has 0 bridgehead atoms. The van der Waals surface area contributed by atoms with E-state index in [1.807, 2.05) is 0 Å². The first-order valence-electron chi connectivity index (χ1n) is 6.25. The maximum absolute atomic E-state index is 11.6. The highest BCUT2D eigenvalue weighted by Gasteiger charge is 2.07. The minimum atomic E-state index is -3.64. The minimum absolute atomic E-state index is 0.100. The number of nitrogens with zero attached hydrogens (tertiary/aromatic N) is 1. The van der Waals surface area contributed by atoms with Crippen LogP contribution in [0.3, 0.4) is 0 Å². The standard InChI is InChI=1S/C13H15N3O3S2/c14-21(18,19)11-5-3-10(4-6-11)2-1-7-15-13(17)12-8-20-9-16-12/h3-6,8-9H,1-2,7H2,(H,15,17)(H2,14,18,19). The van der Waals surface area contributed by atoms with Gasteiger partial charge in [0.1, 0.15) is 5.69 Å². The van der Waals surface area contributed by atoms with Crippen molar-refractivity contribution in [3.05, 3.63) is 46.4 Å². The number of rotatable bonds is 6. The molecule has 0 atom stereocenters. The number of primary sulfonamides is 1. The number of nitrogens with one attached hydrogen (secondary N) is 1. The van der Waals surface area contributed by atoms with Crippen LogP contribution in [0.4, 0.5) is 0 Å². The molecule has 1 amide bonds. The molecule has 1 heterocycles. The SMILES string of the molecule is NS(=O)(=O)c1ccc(CCCNC(=O)c2cscn2)cc1. The Balaban J connectivity index is 1.78. The van der Waals surface area contributed by atoms with Crippen LogP contribution in [0.2, 0.25) is 0 Å². The summed E-state index contributed by atoms with van der Waals surface area (Å²) in [5.41, 5.74) is 3.03. The Labute approximate surface area is 127 Å². The molecule has 0 aliphatic heterocycles. The number of amides is 1. The second-order valence-electron chi connectivity index (χ2n) is 4.42. The van der Waals surface area contributed by atoms with Crippen LogP contribution >= 0.6 is 11.3 Å². The highest BCUT2D eigenvalue weighted by atomic mass is 32.2. The van der Waals surface area contributed by atoms with Crippen LogP contribution < -0.4 is 10.5 Å². The number of sulfonamides is 1. The summed E-state index contributed by atoms with van der Waals surface area (Å²) in [7, 11) is -3.64. The van der Waals surface area contributed by atoms with E-state index in [-0.39, 0.29) is 10.8 Å². The van der Waals surface area contributed by atoms with Gasteiger partial charge in [0, 0.05) is 11.9 Å². The smallest absolute Gasteiger partial charge is 0.270 e. The average Bonchev–Trinajstić information content (AvgIpc) is 2.97. The number of nitrogens with two attached hydrogens (primary N) is 1. The van der Waals surface area contributed by atoms with Gasteiger partial charge in [0.25, 0.3) is 5.91 Å². The molecule has 112 valence electrons. The summed E-state index contributed by atoms with van der Waals surface area (Å²) >= 11 is 1.38. The van der Waals surface area contributed by atoms with E-state index in [4.69, 9.17) is 5.14 Å². The zero-order valence-electron chi connectivity index (χ0n) is 11.2. The second-order valence-corrected chi connectivity index (χ2v) is 6.70. The van der Waals surface area contributed by atoms with Crippen molar-refractivity contribution < 1.29 is 13.2 Å². The number of benzene rings is 1. The average molecular weight is 325 g/mol. The predicted octanol–water partition coefficient (Wildman–Crippen LogP) is 1.15. The van der Waals surface area contributed by atoms with Crippen LogP contribution in [0.1, 0.15) is 22.5 Å². The fourth-order valence-electron chi connectivity index (χ4n) is 1.76. The van der Waals surface area contributed by atoms with Gasteiger partial charge in [0.2, 0.25) is 10.0 Å². The Bertz CT molecular complexity index is 695. The predicted molar refractivity (Wildman–Crippen MR) is 80.6 cm³/mol. The van der Waals surface area contributed by atoms with Crippen LogP contribution in [0.15, 0.2) is 40.1 Å². The molecule has 1 aromatic carbocycles. The highest BCUT2D eigenvalue weighted by molar-refractivity contribution is 7.89. The van der Waals surface area contributed by atoms with E-state index in [0.29, 0.717) is 12.2 Å². The fourth-order valence-corrected chi connectivity index (χ4v) is 2.80.